The number of phenols is 1. The molecule has 0 unspecified atom stereocenters. The van der Waals surface area contributed by atoms with Crippen LogP contribution in [0.5, 0.6) is 5.75 Å². The first-order valence-electron chi connectivity index (χ1n) is 9.88. The number of nitrogens with one attached hydrogen (secondary N) is 1. The predicted octanol–water partition coefficient (Wildman–Crippen LogP) is 4.37. The van der Waals surface area contributed by atoms with Crippen molar-refractivity contribution in [3.05, 3.63) is 89.5 Å². The molecule has 3 rings (SSSR count). The second-order valence-electron chi connectivity index (χ2n) is 7.50. The highest BCUT2D eigenvalue weighted by Gasteiger charge is 2.08. The van der Waals surface area contributed by atoms with Crippen molar-refractivity contribution in [3.63, 3.8) is 0 Å². The highest BCUT2D eigenvalue weighted by Crippen LogP contribution is 2.24. The molecule has 0 saturated heterocycles. The molecule has 0 radical (unpaired) electrons. The van der Waals surface area contributed by atoms with Crippen molar-refractivity contribution in [2.24, 2.45) is 0 Å². The SMILES string of the molecule is CN(C)Cc1ccc(-c2ccccc2CNC(=O)CCc2ccccc2O)cc1. The summed E-state index contributed by atoms with van der Waals surface area (Å²) >= 11 is 0. The van der Waals surface area contributed by atoms with Crippen molar-refractivity contribution in [2.75, 3.05) is 14.1 Å². The first-order chi connectivity index (χ1) is 14.0. The Bertz CT molecular complexity index is 949. The lowest BCUT2D eigenvalue weighted by atomic mass is 9.98. The zero-order valence-corrected chi connectivity index (χ0v) is 17.1. The number of nitrogens with zero attached hydrogens (tertiary/aromatic N) is 1. The number of hydrogen-bond donors (Lipinski definition) is 2. The summed E-state index contributed by atoms with van der Waals surface area (Å²) < 4.78 is 0. The molecule has 3 aromatic rings. The molecule has 0 aliphatic carbocycles. The van der Waals surface area contributed by atoms with E-state index in [1.165, 1.54) is 5.56 Å². The van der Waals surface area contributed by atoms with Crippen LogP contribution in [-0.4, -0.2) is 30.0 Å². The van der Waals surface area contributed by atoms with Gasteiger partial charge in [0.2, 0.25) is 5.91 Å². The average molecular weight is 389 g/mol. The number of amides is 1. The highest BCUT2D eigenvalue weighted by molar-refractivity contribution is 5.77. The van der Waals surface area contributed by atoms with Crippen molar-refractivity contribution in [2.45, 2.75) is 25.9 Å². The van der Waals surface area contributed by atoms with E-state index in [0.717, 1.165) is 28.8 Å². The molecular weight excluding hydrogens is 360 g/mol. The molecule has 0 spiro atoms. The lowest BCUT2D eigenvalue weighted by Crippen LogP contribution is -2.23. The standard InChI is InChI=1S/C25H28N2O2/c1-27(2)18-19-11-13-20(14-12-19)23-9-5-3-8-22(23)17-26-25(29)16-15-21-7-4-6-10-24(21)28/h3-14,28H,15-18H2,1-2H3,(H,26,29). The Balaban J connectivity index is 1.62. The number of carbonyl (C=O) groups is 1. The van der Waals surface area contributed by atoms with Crippen LogP contribution in [0.15, 0.2) is 72.8 Å². The molecule has 0 saturated carbocycles. The van der Waals surface area contributed by atoms with Crippen LogP contribution >= 0.6 is 0 Å². The molecule has 1 amide bonds. The maximum absolute atomic E-state index is 12.3. The molecule has 2 N–H and O–H groups in total. The fraction of sp³-hybridized carbons (Fsp3) is 0.240. The lowest BCUT2D eigenvalue weighted by Gasteiger charge is -2.13. The Hall–Kier alpha value is -3.11. The van der Waals surface area contributed by atoms with E-state index in [1.54, 1.807) is 12.1 Å². The third-order valence-electron chi connectivity index (χ3n) is 4.87. The Labute approximate surface area is 172 Å². The van der Waals surface area contributed by atoms with Gasteiger partial charge in [-0.15, -0.1) is 0 Å². The molecule has 3 aromatic carbocycles. The van der Waals surface area contributed by atoms with Crippen LogP contribution in [0.3, 0.4) is 0 Å². The Morgan fingerprint density at radius 1 is 0.897 bits per heavy atom. The van der Waals surface area contributed by atoms with E-state index in [4.69, 9.17) is 0 Å². The summed E-state index contributed by atoms with van der Waals surface area (Å²) in [5, 5.41) is 12.8. The minimum atomic E-state index is -0.0237. The number of benzene rings is 3. The Morgan fingerprint density at radius 3 is 2.24 bits per heavy atom. The number of para-hydroxylation sites is 1. The van der Waals surface area contributed by atoms with E-state index in [9.17, 15) is 9.90 Å². The molecule has 150 valence electrons. The van der Waals surface area contributed by atoms with Gasteiger partial charge in [-0.25, -0.2) is 0 Å². The third-order valence-corrected chi connectivity index (χ3v) is 4.87. The van der Waals surface area contributed by atoms with Crippen molar-refractivity contribution in [3.8, 4) is 16.9 Å². The van der Waals surface area contributed by atoms with Gasteiger partial charge in [-0.3, -0.25) is 4.79 Å². The van der Waals surface area contributed by atoms with Crippen LogP contribution < -0.4 is 5.32 Å². The van der Waals surface area contributed by atoms with E-state index in [-0.39, 0.29) is 11.7 Å². The Morgan fingerprint density at radius 2 is 1.55 bits per heavy atom. The second-order valence-corrected chi connectivity index (χ2v) is 7.50. The third kappa shape index (κ3) is 5.93. The van der Waals surface area contributed by atoms with E-state index in [1.807, 2.05) is 30.3 Å². The molecule has 0 aliphatic heterocycles. The largest absolute Gasteiger partial charge is 0.508 e. The number of aromatic hydroxyl groups is 1. The molecule has 0 atom stereocenters. The summed E-state index contributed by atoms with van der Waals surface area (Å²) in [7, 11) is 4.12. The Kier molecular flexibility index (Phi) is 7.04. The predicted molar refractivity (Wildman–Crippen MR) is 118 cm³/mol. The summed E-state index contributed by atoms with van der Waals surface area (Å²) in [6, 6.07) is 23.9. The smallest absolute Gasteiger partial charge is 0.220 e. The van der Waals surface area contributed by atoms with Crippen LogP contribution in [0.1, 0.15) is 23.1 Å². The fourth-order valence-corrected chi connectivity index (χ4v) is 3.36. The molecule has 0 heterocycles. The van der Waals surface area contributed by atoms with Gasteiger partial charge < -0.3 is 15.3 Å². The highest BCUT2D eigenvalue weighted by atomic mass is 16.3. The van der Waals surface area contributed by atoms with Gasteiger partial charge in [0.1, 0.15) is 5.75 Å². The number of carbonyl (C=O) groups excluding carboxylic acids is 1. The van der Waals surface area contributed by atoms with Gasteiger partial charge >= 0.3 is 0 Å². The van der Waals surface area contributed by atoms with Gasteiger partial charge in [-0.2, -0.15) is 0 Å². The second kappa shape index (κ2) is 9.89. The van der Waals surface area contributed by atoms with Gasteiger partial charge in [-0.1, -0.05) is 66.7 Å². The van der Waals surface area contributed by atoms with Crippen molar-refractivity contribution in [1.29, 1.82) is 0 Å². The fourth-order valence-electron chi connectivity index (χ4n) is 3.36. The zero-order chi connectivity index (χ0) is 20.6. The normalized spacial score (nSPS) is 10.9. The van der Waals surface area contributed by atoms with Gasteiger partial charge in [0.05, 0.1) is 0 Å². The minimum Gasteiger partial charge on any atom is -0.508 e. The van der Waals surface area contributed by atoms with Crippen LogP contribution in [0.2, 0.25) is 0 Å². The maximum atomic E-state index is 12.3. The lowest BCUT2D eigenvalue weighted by molar-refractivity contribution is -0.121. The summed E-state index contributed by atoms with van der Waals surface area (Å²) in [4.78, 5) is 14.4. The molecule has 0 fully saturated rings. The number of hydrogen-bond acceptors (Lipinski definition) is 3. The van der Waals surface area contributed by atoms with Crippen LogP contribution in [-0.2, 0) is 24.3 Å². The monoisotopic (exact) mass is 388 g/mol. The molecule has 0 aliphatic rings. The summed E-state index contributed by atoms with van der Waals surface area (Å²) in [5.41, 5.74) is 5.43. The van der Waals surface area contributed by atoms with E-state index < -0.39 is 0 Å². The molecule has 4 heteroatoms. The summed E-state index contributed by atoms with van der Waals surface area (Å²) in [5.74, 6) is 0.216. The van der Waals surface area contributed by atoms with Gasteiger partial charge in [-0.05, 0) is 54.4 Å². The molecule has 0 aromatic heterocycles. The minimum absolute atomic E-state index is 0.0237. The molecule has 4 nitrogen and oxygen atoms in total. The molecular formula is C25H28N2O2. The average Bonchev–Trinajstić information content (AvgIpc) is 2.72. The van der Waals surface area contributed by atoms with Crippen molar-refractivity contribution >= 4 is 5.91 Å². The first kappa shape index (κ1) is 20.6. The van der Waals surface area contributed by atoms with Crippen LogP contribution in [0.25, 0.3) is 11.1 Å². The quantitative estimate of drug-likeness (QED) is 0.602. The van der Waals surface area contributed by atoms with E-state index >= 15 is 0 Å². The summed E-state index contributed by atoms with van der Waals surface area (Å²) in [6.07, 6.45) is 0.868. The maximum Gasteiger partial charge on any atom is 0.220 e. The topological polar surface area (TPSA) is 52.6 Å². The van der Waals surface area contributed by atoms with Crippen LogP contribution in [0.4, 0.5) is 0 Å². The van der Waals surface area contributed by atoms with Gasteiger partial charge in [0.15, 0.2) is 0 Å². The number of rotatable bonds is 8. The summed E-state index contributed by atoms with van der Waals surface area (Å²) in [6.45, 7) is 1.39. The molecule has 29 heavy (non-hydrogen) atoms. The number of phenolic OH excluding ortho intramolecular Hbond substituents is 1. The van der Waals surface area contributed by atoms with E-state index in [2.05, 4.69) is 54.6 Å². The van der Waals surface area contributed by atoms with Gasteiger partial charge in [0.25, 0.3) is 0 Å². The van der Waals surface area contributed by atoms with Crippen LogP contribution in [0, 0.1) is 0 Å². The van der Waals surface area contributed by atoms with Crippen molar-refractivity contribution < 1.29 is 9.90 Å². The first-order valence-corrected chi connectivity index (χ1v) is 9.88. The van der Waals surface area contributed by atoms with Gasteiger partial charge in [0, 0.05) is 19.5 Å². The zero-order valence-electron chi connectivity index (χ0n) is 17.1. The molecule has 0 bridgehead atoms. The van der Waals surface area contributed by atoms with Crippen molar-refractivity contribution in [1.82, 2.24) is 10.2 Å². The number of aryl methyl sites for hydroxylation is 1. The van der Waals surface area contributed by atoms with E-state index in [0.29, 0.717) is 19.4 Å².